The predicted molar refractivity (Wildman–Crippen MR) is 76.4 cm³/mol. The van der Waals surface area contributed by atoms with Crippen LogP contribution in [0.4, 0.5) is 5.88 Å². The van der Waals surface area contributed by atoms with E-state index in [1.807, 2.05) is 6.07 Å². The van der Waals surface area contributed by atoms with E-state index in [0.717, 1.165) is 5.39 Å². The monoisotopic (exact) mass is 304 g/mol. The molecule has 2 heterocycles. The number of nitrogen functional groups attached to an aromatic ring is 1. The highest BCUT2D eigenvalue weighted by molar-refractivity contribution is 6.35. The van der Waals surface area contributed by atoms with Crippen molar-refractivity contribution in [1.82, 2.24) is 10.1 Å². The molecule has 0 unspecified atom stereocenters. The van der Waals surface area contributed by atoms with Gasteiger partial charge in [0.05, 0.1) is 21.1 Å². The lowest BCUT2D eigenvalue weighted by atomic mass is 10.0. The number of nitrogens with zero attached hydrogens (tertiary/aromatic N) is 3. The minimum absolute atomic E-state index is 0.0514. The summed E-state index contributed by atoms with van der Waals surface area (Å²) in [5.41, 5.74) is 7.05. The standard InChI is InChI=1S/C13H6Cl2N4O/c14-7-3-6-1-2-9(15)10(11(6)18-5-7)12-8(4-16)13(17)20-19-12/h1-3,5H,17H2. The Morgan fingerprint density at radius 1 is 1.30 bits per heavy atom. The lowest BCUT2D eigenvalue weighted by molar-refractivity contribution is 0.439. The topological polar surface area (TPSA) is 88.7 Å². The van der Waals surface area contributed by atoms with Crippen molar-refractivity contribution in [2.24, 2.45) is 0 Å². The number of rotatable bonds is 1. The van der Waals surface area contributed by atoms with E-state index in [0.29, 0.717) is 21.1 Å². The molecule has 0 saturated heterocycles. The van der Waals surface area contributed by atoms with E-state index < -0.39 is 0 Å². The first-order chi connectivity index (χ1) is 9.61. The number of hydrogen-bond acceptors (Lipinski definition) is 5. The summed E-state index contributed by atoms with van der Waals surface area (Å²) in [7, 11) is 0. The van der Waals surface area contributed by atoms with Crippen molar-refractivity contribution in [1.29, 1.82) is 5.26 Å². The molecule has 0 bridgehead atoms. The zero-order valence-corrected chi connectivity index (χ0v) is 11.4. The lowest BCUT2D eigenvalue weighted by Crippen LogP contribution is -1.90. The van der Waals surface area contributed by atoms with Crippen LogP contribution in [0.2, 0.25) is 10.0 Å². The van der Waals surface area contributed by atoms with Gasteiger partial charge in [-0.1, -0.05) is 34.4 Å². The van der Waals surface area contributed by atoms with Crippen LogP contribution in [-0.4, -0.2) is 10.1 Å². The Morgan fingerprint density at radius 2 is 2.10 bits per heavy atom. The third-order valence-electron chi connectivity index (χ3n) is 2.84. The second kappa shape index (κ2) is 4.67. The molecule has 2 aromatic heterocycles. The van der Waals surface area contributed by atoms with Gasteiger partial charge in [0, 0.05) is 11.6 Å². The molecule has 7 heteroatoms. The van der Waals surface area contributed by atoms with Crippen molar-refractivity contribution in [2.45, 2.75) is 0 Å². The predicted octanol–water partition coefficient (Wildman–Crippen LogP) is 3.65. The average molecular weight is 305 g/mol. The molecule has 3 aromatic rings. The van der Waals surface area contributed by atoms with Crippen molar-refractivity contribution in [3.05, 3.63) is 40.0 Å². The third-order valence-corrected chi connectivity index (χ3v) is 3.36. The number of nitrogens with two attached hydrogens (primary N) is 1. The van der Waals surface area contributed by atoms with Crippen LogP contribution in [0.1, 0.15) is 5.56 Å². The first-order valence-electron chi connectivity index (χ1n) is 5.51. The van der Waals surface area contributed by atoms with Gasteiger partial charge < -0.3 is 10.3 Å². The van der Waals surface area contributed by atoms with E-state index in [4.69, 9.17) is 38.7 Å². The molecule has 0 aliphatic carbocycles. The van der Waals surface area contributed by atoms with E-state index in [-0.39, 0.29) is 17.1 Å². The van der Waals surface area contributed by atoms with Gasteiger partial charge >= 0.3 is 0 Å². The molecule has 0 aliphatic rings. The molecule has 1 aromatic carbocycles. The van der Waals surface area contributed by atoms with Gasteiger partial charge in [0.25, 0.3) is 0 Å². The molecule has 3 rings (SSSR count). The number of fused-ring (bicyclic) bond motifs is 1. The fourth-order valence-electron chi connectivity index (χ4n) is 1.96. The Bertz CT molecular complexity index is 867. The number of nitriles is 1. The highest BCUT2D eigenvalue weighted by atomic mass is 35.5. The van der Waals surface area contributed by atoms with Crippen LogP contribution in [0.5, 0.6) is 0 Å². The smallest absolute Gasteiger partial charge is 0.240 e. The zero-order chi connectivity index (χ0) is 14.3. The lowest BCUT2D eigenvalue weighted by Gasteiger charge is -2.06. The van der Waals surface area contributed by atoms with Gasteiger partial charge in [-0.3, -0.25) is 4.98 Å². The molecule has 98 valence electrons. The van der Waals surface area contributed by atoms with Crippen molar-refractivity contribution >= 4 is 40.0 Å². The van der Waals surface area contributed by atoms with Crippen LogP contribution in [-0.2, 0) is 0 Å². The number of benzene rings is 1. The molecule has 20 heavy (non-hydrogen) atoms. The van der Waals surface area contributed by atoms with Gasteiger partial charge in [-0.25, -0.2) is 0 Å². The van der Waals surface area contributed by atoms with Crippen LogP contribution >= 0.6 is 23.2 Å². The maximum absolute atomic E-state index is 9.14. The minimum Gasteiger partial charge on any atom is -0.366 e. The van der Waals surface area contributed by atoms with Crippen LogP contribution < -0.4 is 5.73 Å². The van der Waals surface area contributed by atoms with Gasteiger partial charge in [0.15, 0.2) is 0 Å². The molecule has 0 saturated carbocycles. The SMILES string of the molecule is N#Cc1c(-c2c(Cl)ccc3cc(Cl)cnc23)noc1N. The summed E-state index contributed by atoms with van der Waals surface area (Å²) >= 11 is 12.1. The molecule has 0 fully saturated rings. The van der Waals surface area contributed by atoms with Crippen molar-refractivity contribution < 1.29 is 4.52 Å². The number of halogens is 2. The second-order valence-electron chi connectivity index (χ2n) is 4.03. The Kier molecular flexibility index (Phi) is 2.97. The van der Waals surface area contributed by atoms with Crippen molar-refractivity contribution in [3.63, 3.8) is 0 Å². The molecule has 0 amide bonds. The minimum atomic E-state index is -0.0514. The second-order valence-corrected chi connectivity index (χ2v) is 4.87. The largest absolute Gasteiger partial charge is 0.366 e. The normalized spacial score (nSPS) is 10.7. The van der Waals surface area contributed by atoms with Gasteiger partial charge in [-0.05, 0) is 12.1 Å². The molecular weight excluding hydrogens is 299 g/mol. The highest BCUT2D eigenvalue weighted by Crippen LogP contribution is 2.37. The maximum atomic E-state index is 9.14. The summed E-state index contributed by atoms with van der Waals surface area (Å²) in [5.74, 6) is -0.0514. The van der Waals surface area contributed by atoms with E-state index in [1.54, 1.807) is 18.2 Å². The van der Waals surface area contributed by atoms with E-state index in [2.05, 4.69) is 10.1 Å². The number of pyridine rings is 1. The van der Waals surface area contributed by atoms with Gasteiger partial charge in [0.1, 0.15) is 17.3 Å². The first kappa shape index (κ1) is 12.7. The summed E-state index contributed by atoms with van der Waals surface area (Å²) < 4.78 is 4.86. The van der Waals surface area contributed by atoms with Crippen LogP contribution in [0.25, 0.3) is 22.2 Å². The molecule has 2 N–H and O–H groups in total. The molecule has 0 atom stereocenters. The van der Waals surface area contributed by atoms with Gasteiger partial charge in [-0.15, -0.1) is 0 Å². The summed E-state index contributed by atoms with van der Waals surface area (Å²) in [5, 5.41) is 14.6. The van der Waals surface area contributed by atoms with Crippen molar-refractivity contribution in [3.8, 4) is 17.3 Å². The maximum Gasteiger partial charge on any atom is 0.240 e. The summed E-state index contributed by atoms with van der Waals surface area (Å²) in [6, 6.07) is 7.17. The van der Waals surface area contributed by atoms with Crippen LogP contribution in [0.15, 0.2) is 28.9 Å². The molecule has 5 nitrogen and oxygen atoms in total. The Labute approximate surface area is 123 Å². The molecule has 0 radical (unpaired) electrons. The number of anilines is 1. The van der Waals surface area contributed by atoms with Crippen LogP contribution in [0, 0.1) is 11.3 Å². The van der Waals surface area contributed by atoms with Gasteiger partial charge in [-0.2, -0.15) is 5.26 Å². The molecule has 0 aliphatic heterocycles. The van der Waals surface area contributed by atoms with E-state index in [1.165, 1.54) is 6.20 Å². The molecule has 0 spiro atoms. The van der Waals surface area contributed by atoms with Crippen molar-refractivity contribution in [2.75, 3.05) is 5.73 Å². The summed E-state index contributed by atoms with van der Waals surface area (Å²) in [6.45, 7) is 0. The average Bonchev–Trinajstić information content (AvgIpc) is 2.79. The zero-order valence-electron chi connectivity index (χ0n) is 9.89. The quantitative estimate of drug-likeness (QED) is 0.741. The Morgan fingerprint density at radius 3 is 2.85 bits per heavy atom. The highest BCUT2D eigenvalue weighted by Gasteiger charge is 2.20. The Balaban J connectivity index is 2.41. The first-order valence-corrected chi connectivity index (χ1v) is 6.26. The fourth-order valence-corrected chi connectivity index (χ4v) is 2.37. The van der Waals surface area contributed by atoms with E-state index in [9.17, 15) is 0 Å². The van der Waals surface area contributed by atoms with Crippen LogP contribution in [0.3, 0.4) is 0 Å². The van der Waals surface area contributed by atoms with Gasteiger partial charge in [0.2, 0.25) is 5.88 Å². The summed E-state index contributed by atoms with van der Waals surface area (Å²) in [6.07, 6.45) is 1.50. The Hall–Kier alpha value is -2.29. The summed E-state index contributed by atoms with van der Waals surface area (Å²) in [4.78, 5) is 4.25. The number of hydrogen-bond donors (Lipinski definition) is 1. The molecular formula is C13H6Cl2N4O. The fraction of sp³-hybridized carbons (Fsp3) is 0. The van der Waals surface area contributed by atoms with E-state index >= 15 is 0 Å². The number of aromatic nitrogens is 2. The third kappa shape index (κ3) is 1.86.